The van der Waals surface area contributed by atoms with Crippen molar-refractivity contribution in [2.45, 2.75) is 46.7 Å². The van der Waals surface area contributed by atoms with Crippen LogP contribution < -0.4 is 20.1 Å². The van der Waals surface area contributed by atoms with Crippen LogP contribution in [0.15, 0.2) is 30.3 Å². The normalized spacial score (nSPS) is 15.4. The molecule has 34 heavy (non-hydrogen) atoms. The summed E-state index contributed by atoms with van der Waals surface area (Å²) in [5.41, 5.74) is 4.84. The van der Waals surface area contributed by atoms with Gasteiger partial charge in [-0.1, -0.05) is 50.6 Å². The van der Waals surface area contributed by atoms with Gasteiger partial charge >= 0.3 is 0 Å². The van der Waals surface area contributed by atoms with Crippen molar-refractivity contribution in [1.82, 2.24) is 10.2 Å². The zero-order valence-electron chi connectivity index (χ0n) is 20.5. The highest BCUT2D eigenvalue weighted by atomic mass is 35.5. The first-order valence-corrected chi connectivity index (χ1v) is 12.7. The summed E-state index contributed by atoms with van der Waals surface area (Å²) in [7, 11) is 0. The van der Waals surface area contributed by atoms with Gasteiger partial charge in [-0.05, 0) is 41.2 Å². The largest absolute Gasteiger partial charge is 0.489 e. The summed E-state index contributed by atoms with van der Waals surface area (Å²) in [5.74, 6) is 1.62. The standard InChI is InChI=1S/C27H36ClN3O3/c1-18(2)16-31(17-20-12-23(28)26-24(13-20)33-10-5-11-34-26)27(32)19(3)14-29-15-22-7-4-6-21-8-9-30-25(21)22/h4,6-7,12-13,18-19,29-30H,5,8-11,14-17H2,1-3H3/t19-/m1/s1. The predicted molar refractivity (Wildman–Crippen MR) is 137 cm³/mol. The minimum Gasteiger partial charge on any atom is -0.489 e. The number of nitrogens with zero attached hydrogens (tertiary/aromatic N) is 1. The molecule has 2 aromatic carbocycles. The average molecular weight is 486 g/mol. The average Bonchev–Trinajstić information content (AvgIpc) is 3.16. The number of anilines is 1. The predicted octanol–water partition coefficient (Wildman–Crippen LogP) is 4.88. The Morgan fingerprint density at radius 3 is 2.85 bits per heavy atom. The van der Waals surface area contributed by atoms with Crippen LogP contribution in [0.2, 0.25) is 5.02 Å². The minimum absolute atomic E-state index is 0.139. The van der Waals surface area contributed by atoms with E-state index in [1.165, 1.54) is 16.8 Å². The molecule has 0 saturated heterocycles. The van der Waals surface area contributed by atoms with Crippen molar-refractivity contribution in [2.24, 2.45) is 11.8 Å². The van der Waals surface area contributed by atoms with Crippen molar-refractivity contribution in [3.8, 4) is 11.5 Å². The third kappa shape index (κ3) is 5.97. The number of hydrogen-bond acceptors (Lipinski definition) is 5. The molecule has 4 rings (SSSR count). The van der Waals surface area contributed by atoms with Gasteiger partial charge in [0.2, 0.25) is 5.91 Å². The summed E-state index contributed by atoms with van der Waals surface area (Å²) in [4.78, 5) is 15.4. The highest BCUT2D eigenvalue weighted by Gasteiger charge is 2.23. The Labute approximate surface area is 208 Å². The summed E-state index contributed by atoms with van der Waals surface area (Å²) in [6.07, 6.45) is 1.90. The molecule has 1 amide bonds. The lowest BCUT2D eigenvalue weighted by atomic mass is 10.1. The van der Waals surface area contributed by atoms with Crippen LogP contribution in [0.25, 0.3) is 0 Å². The van der Waals surface area contributed by atoms with Gasteiger partial charge in [-0.2, -0.15) is 0 Å². The maximum atomic E-state index is 13.4. The third-order valence-electron chi connectivity index (χ3n) is 6.25. The second kappa shape index (κ2) is 11.3. The number of para-hydroxylation sites is 1. The molecule has 1 atom stereocenters. The van der Waals surface area contributed by atoms with Crippen molar-refractivity contribution in [1.29, 1.82) is 0 Å². The lowest BCUT2D eigenvalue weighted by Gasteiger charge is -2.28. The maximum absolute atomic E-state index is 13.4. The fourth-order valence-corrected chi connectivity index (χ4v) is 4.94. The van der Waals surface area contributed by atoms with E-state index in [1.54, 1.807) is 0 Å². The van der Waals surface area contributed by atoms with Gasteiger partial charge < -0.3 is 25.0 Å². The Balaban J connectivity index is 1.40. The number of rotatable bonds is 9. The first-order valence-electron chi connectivity index (χ1n) is 12.3. The van der Waals surface area contributed by atoms with Crippen molar-refractivity contribution in [3.63, 3.8) is 0 Å². The second-order valence-electron chi connectivity index (χ2n) is 9.73. The summed E-state index contributed by atoms with van der Waals surface area (Å²) >= 11 is 6.49. The number of halogens is 1. The van der Waals surface area contributed by atoms with Gasteiger partial charge in [0.05, 0.1) is 18.2 Å². The second-order valence-corrected chi connectivity index (χ2v) is 10.1. The van der Waals surface area contributed by atoms with Crippen LogP contribution >= 0.6 is 11.6 Å². The lowest BCUT2D eigenvalue weighted by molar-refractivity contribution is -0.136. The smallest absolute Gasteiger partial charge is 0.226 e. The van der Waals surface area contributed by atoms with Gasteiger partial charge in [-0.3, -0.25) is 4.79 Å². The number of amides is 1. The molecule has 2 aromatic rings. The van der Waals surface area contributed by atoms with Gasteiger partial charge in [-0.15, -0.1) is 0 Å². The number of ether oxygens (including phenoxy) is 2. The van der Waals surface area contributed by atoms with Crippen molar-refractivity contribution >= 4 is 23.2 Å². The Bertz CT molecular complexity index is 1010. The fourth-order valence-electron chi connectivity index (χ4n) is 4.65. The lowest BCUT2D eigenvalue weighted by Crippen LogP contribution is -2.40. The molecule has 0 bridgehead atoms. The van der Waals surface area contributed by atoms with Crippen molar-refractivity contribution in [2.75, 3.05) is 38.2 Å². The third-order valence-corrected chi connectivity index (χ3v) is 6.53. The highest BCUT2D eigenvalue weighted by molar-refractivity contribution is 6.32. The number of benzene rings is 2. The molecule has 2 N–H and O–H groups in total. The van der Waals surface area contributed by atoms with Crippen LogP contribution in [0, 0.1) is 11.8 Å². The first kappa shape index (κ1) is 24.7. The molecule has 0 radical (unpaired) electrons. The molecule has 0 unspecified atom stereocenters. The van der Waals surface area contributed by atoms with E-state index >= 15 is 0 Å². The van der Waals surface area contributed by atoms with Crippen LogP contribution in [-0.4, -0.2) is 43.7 Å². The Morgan fingerprint density at radius 2 is 2.03 bits per heavy atom. The van der Waals surface area contributed by atoms with Gasteiger partial charge in [0.25, 0.3) is 0 Å². The number of hydrogen-bond donors (Lipinski definition) is 2. The molecule has 0 fully saturated rings. The quantitative estimate of drug-likeness (QED) is 0.530. The highest BCUT2D eigenvalue weighted by Crippen LogP contribution is 2.38. The number of nitrogens with one attached hydrogen (secondary N) is 2. The molecule has 2 heterocycles. The number of carbonyl (C=O) groups is 1. The number of carbonyl (C=O) groups excluding carboxylic acids is 1. The molecular weight excluding hydrogens is 450 g/mol. The first-order chi connectivity index (χ1) is 16.4. The molecule has 0 aromatic heterocycles. The van der Waals surface area contributed by atoms with E-state index in [2.05, 4.69) is 42.7 Å². The SMILES string of the molecule is CC(C)CN(Cc1cc(Cl)c2c(c1)OCCCO2)C(=O)[C@H](C)CNCc1cccc2c1NCC2. The van der Waals surface area contributed by atoms with Gasteiger partial charge in [-0.25, -0.2) is 0 Å². The molecule has 2 aliphatic rings. The monoisotopic (exact) mass is 485 g/mol. The van der Waals surface area contributed by atoms with E-state index < -0.39 is 0 Å². The van der Waals surface area contributed by atoms with Gasteiger partial charge in [0.1, 0.15) is 0 Å². The van der Waals surface area contributed by atoms with E-state index in [0.717, 1.165) is 31.5 Å². The molecule has 7 heteroatoms. The van der Waals surface area contributed by atoms with E-state index in [9.17, 15) is 4.79 Å². The molecule has 0 spiro atoms. The molecule has 0 saturated carbocycles. The molecule has 6 nitrogen and oxygen atoms in total. The van der Waals surface area contributed by atoms with Crippen molar-refractivity contribution in [3.05, 3.63) is 52.0 Å². The topological polar surface area (TPSA) is 62.8 Å². The van der Waals surface area contributed by atoms with E-state index in [-0.39, 0.29) is 11.8 Å². The maximum Gasteiger partial charge on any atom is 0.226 e. The van der Waals surface area contributed by atoms with E-state index in [4.69, 9.17) is 21.1 Å². The molecule has 0 aliphatic carbocycles. The summed E-state index contributed by atoms with van der Waals surface area (Å²) in [6, 6.07) is 10.3. The van der Waals surface area contributed by atoms with Crippen LogP contribution in [0.3, 0.4) is 0 Å². The van der Waals surface area contributed by atoms with Crippen LogP contribution in [0.5, 0.6) is 11.5 Å². The molecule has 2 aliphatic heterocycles. The number of fused-ring (bicyclic) bond motifs is 2. The van der Waals surface area contributed by atoms with Crippen molar-refractivity contribution < 1.29 is 14.3 Å². The Hall–Kier alpha value is -2.44. The van der Waals surface area contributed by atoms with E-state index in [1.807, 2.05) is 24.0 Å². The molecular formula is C27H36ClN3O3. The Morgan fingerprint density at radius 1 is 1.21 bits per heavy atom. The molecule has 184 valence electrons. The fraction of sp³-hybridized carbons (Fsp3) is 0.519. The minimum atomic E-state index is -0.139. The van der Waals surface area contributed by atoms with Crippen LogP contribution in [-0.2, 0) is 24.3 Å². The zero-order valence-corrected chi connectivity index (χ0v) is 21.2. The van der Waals surface area contributed by atoms with Gasteiger partial charge in [0, 0.05) is 50.7 Å². The van der Waals surface area contributed by atoms with Crippen LogP contribution in [0.4, 0.5) is 5.69 Å². The summed E-state index contributed by atoms with van der Waals surface area (Å²) in [5, 5.41) is 7.51. The Kier molecular flexibility index (Phi) is 8.22. The van der Waals surface area contributed by atoms with Crippen LogP contribution in [0.1, 0.15) is 43.9 Å². The summed E-state index contributed by atoms with van der Waals surface area (Å²) < 4.78 is 11.6. The van der Waals surface area contributed by atoms with Gasteiger partial charge in [0.15, 0.2) is 11.5 Å². The summed E-state index contributed by atoms with van der Waals surface area (Å²) in [6.45, 7) is 11.0. The zero-order chi connectivity index (χ0) is 24.1. The van der Waals surface area contributed by atoms with E-state index in [0.29, 0.717) is 55.3 Å².